The van der Waals surface area contributed by atoms with Crippen molar-refractivity contribution in [1.29, 1.82) is 0 Å². The minimum absolute atomic E-state index is 0.757. The molecule has 0 amide bonds. The molecule has 0 bridgehead atoms. The summed E-state index contributed by atoms with van der Waals surface area (Å²) in [6.45, 7) is 1.43. The number of carboxylic acid groups (broad SMARTS) is 1. The van der Waals surface area contributed by atoms with Crippen LogP contribution in [-0.2, 0) is 4.79 Å². The van der Waals surface area contributed by atoms with E-state index < -0.39 is 12.0 Å². The van der Waals surface area contributed by atoms with Crippen LogP contribution in [0.3, 0.4) is 0 Å². The summed E-state index contributed by atoms with van der Waals surface area (Å²) in [4.78, 5) is 13.2. The average Bonchev–Trinajstić information content (AvgIpc) is 1.67. The van der Waals surface area contributed by atoms with Gasteiger partial charge in [0.25, 0.3) is 0 Å². The van der Waals surface area contributed by atoms with Crippen molar-refractivity contribution in [3.05, 3.63) is 0 Å². The molecule has 0 spiro atoms. The molecular formula is C4H5NO2S. The molecule has 0 saturated heterocycles. The minimum Gasteiger partial charge on any atom is -0.480 e. The Hall–Kier alpha value is -0.730. The van der Waals surface area contributed by atoms with E-state index in [1.807, 2.05) is 5.16 Å². The van der Waals surface area contributed by atoms with Crippen LogP contribution in [0.5, 0.6) is 0 Å². The van der Waals surface area contributed by atoms with Crippen LogP contribution in [-0.4, -0.2) is 22.3 Å². The van der Waals surface area contributed by atoms with E-state index >= 15 is 0 Å². The van der Waals surface area contributed by atoms with Gasteiger partial charge in [-0.2, -0.15) is 0 Å². The van der Waals surface area contributed by atoms with Crippen molar-refractivity contribution in [2.75, 3.05) is 0 Å². The summed E-state index contributed by atoms with van der Waals surface area (Å²) in [7, 11) is 0. The van der Waals surface area contributed by atoms with Gasteiger partial charge in [0.15, 0.2) is 6.04 Å². The van der Waals surface area contributed by atoms with E-state index in [0.717, 1.165) is 0 Å². The van der Waals surface area contributed by atoms with Crippen LogP contribution in [0.2, 0.25) is 0 Å². The lowest BCUT2D eigenvalue weighted by molar-refractivity contribution is -0.137. The van der Waals surface area contributed by atoms with Gasteiger partial charge in [0.1, 0.15) is 0 Å². The van der Waals surface area contributed by atoms with Crippen LogP contribution in [0.4, 0.5) is 0 Å². The van der Waals surface area contributed by atoms with E-state index in [1.54, 1.807) is 0 Å². The molecule has 0 unspecified atom stereocenters. The first-order valence-electron chi connectivity index (χ1n) is 1.98. The van der Waals surface area contributed by atoms with Crippen LogP contribution in [0.15, 0.2) is 4.99 Å². The number of aliphatic carboxylic acids is 1. The van der Waals surface area contributed by atoms with Crippen LogP contribution in [0, 0.1) is 0 Å². The third-order valence-corrected chi connectivity index (χ3v) is 0.709. The molecule has 0 aromatic rings. The first kappa shape index (κ1) is 7.27. The molecule has 0 saturated carbocycles. The molecule has 1 N–H and O–H groups in total. The van der Waals surface area contributed by atoms with Crippen LogP contribution >= 0.6 is 12.2 Å². The maximum absolute atomic E-state index is 9.91. The van der Waals surface area contributed by atoms with E-state index in [1.165, 1.54) is 6.92 Å². The number of rotatable bonds is 2. The highest BCUT2D eigenvalue weighted by Gasteiger charge is 2.05. The fraction of sp³-hybridized carbons (Fsp3) is 0.500. The largest absolute Gasteiger partial charge is 0.480 e. The van der Waals surface area contributed by atoms with Gasteiger partial charge >= 0.3 is 5.97 Å². The molecule has 0 aromatic carbocycles. The van der Waals surface area contributed by atoms with Crippen molar-refractivity contribution >= 4 is 23.3 Å². The van der Waals surface area contributed by atoms with Gasteiger partial charge in [-0.15, -0.1) is 0 Å². The summed E-state index contributed by atoms with van der Waals surface area (Å²) in [6, 6.07) is -0.757. The predicted molar refractivity (Wildman–Crippen MR) is 32.1 cm³/mol. The lowest BCUT2D eigenvalue weighted by atomic mass is 10.4. The second-order valence-electron chi connectivity index (χ2n) is 1.23. The van der Waals surface area contributed by atoms with Gasteiger partial charge in [-0.1, -0.05) is 0 Å². The van der Waals surface area contributed by atoms with Crippen molar-refractivity contribution in [2.24, 2.45) is 4.99 Å². The fourth-order valence-corrected chi connectivity index (χ4v) is 0.292. The number of isothiocyanates is 1. The molecule has 0 heterocycles. The number of carboxylic acids is 1. The van der Waals surface area contributed by atoms with E-state index in [0.29, 0.717) is 0 Å². The van der Waals surface area contributed by atoms with Gasteiger partial charge in [-0.25, -0.2) is 9.79 Å². The zero-order valence-electron chi connectivity index (χ0n) is 4.29. The average molecular weight is 131 g/mol. The van der Waals surface area contributed by atoms with Crippen molar-refractivity contribution in [1.82, 2.24) is 0 Å². The number of carbonyl (C=O) groups is 1. The highest BCUT2D eigenvalue weighted by atomic mass is 32.1. The number of hydrogen-bond donors (Lipinski definition) is 1. The Morgan fingerprint density at radius 2 is 2.50 bits per heavy atom. The summed E-state index contributed by atoms with van der Waals surface area (Å²) in [6.07, 6.45) is 0. The maximum Gasteiger partial charge on any atom is 0.328 e. The Balaban J connectivity index is 3.82. The zero-order valence-corrected chi connectivity index (χ0v) is 5.10. The van der Waals surface area contributed by atoms with E-state index in [4.69, 9.17) is 5.11 Å². The lowest BCUT2D eigenvalue weighted by Crippen LogP contribution is -2.11. The third-order valence-electron chi connectivity index (χ3n) is 0.604. The fourth-order valence-electron chi connectivity index (χ4n) is 0.134. The molecule has 0 radical (unpaired) electrons. The zero-order chi connectivity index (χ0) is 6.57. The molecule has 0 aliphatic carbocycles. The standard InChI is InChI=1S/C4H5NO2S/c1-3(4(6)7)5-2-8/h3H,1H3,(H,6,7)/t3-/m0/s1. The molecule has 1 atom stereocenters. The molecule has 3 nitrogen and oxygen atoms in total. The molecule has 0 rings (SSSR count). The lowest BCUT2D eigenvalue weighted by Gasteiger charge is -1.91. The molecule has 44 valence electrons. The van der Waals surface area contributed by atoms with E-state index in [-0.39, 0.29) is 0 Å². The smallest absolute Gasteiger partial charge is 0.328 e. The number of aliphatic imine (C=N–C) groups is 1. The molecule has 8 heavy (non-hydrogen) atoms. The van der Waals surface area contributed by atoms with Gasteiger partial charge in [0, 0.05) is 0 Å². The number of nitrogens with zero attached hydrogens (tertiary/aromatic N) is 1. The van der Waals surface area contributed by atoms with Gasteiger partial charge in [-0.05, 0) is 19.1 Å². The van der Waals surface area contributed by atoms with Gasteiger partial charge in [0.2, 0.25) is 0 Å². The summed E-state index contributed by atoms with van der Waals surface area (Å²) in [5.74, 6) is -0.984. The summed E-state index contributed by atoms with van der Waals surface area (Å²) < 4.78 is 0. The molecule has 0 fully saturated rings. The first-order valence-corrected chi connectivity index (χ1v) is 2.39. The highest BCUT2D eigenvalue weighted by molar-refractivity contribution is 7.78. The van der Waals surface area contributed by atoms with Crippen molar-refractivity contribution in [3.8, 4) is 0 Å². The Bertz CT molecular complexity index is 137. The molecule has 0 aliphatic rings. The molecule has 0 aliphatic heterocycles. The second-order valence-corrected chi connectivity index (χ2v) is 1.42. The topological polar surface area (TPSA) is 49.7 Å². The normalized spacial score (nSPS) is 11.6. The highest BCUT2D eigenvalue weighted by Crippen LogP contribution is 1.84. The van der Waals surface area contributed by atoms with Gasteiger partial charge in [-0.3, -0.25) is 0 Å². The van der Waals surface area contributed by atoms with E-state index in [2.05, 4.69) is 17.2 Å². The van der Waals surface area contributed by atoms with Crippen LogP contribution < -0.4 is 0 Å². The van der Waals surface area contributed by atoms with Gasteiger partial charge in [0.05, 0.1) is 5.16 Å². The Morgan fingerprint density at radius 1 is 2.00 bits per heavy atom. The molecule has 4 heteroatoms. The summed E-state index contributed by atoms with van der Waals surface area (Å²) >= 11 is 4.17. The minimum atomic E-state index is -0.984. The predicted octanol–water partition coefficient (Wildman–Crippen LogP) is 0.562. The number of hydrogen-bond acceptors (Lipinski definition) is 3. The quantitative estimate of drug-likeness (QED) is 0.440. The van der Waals surface area contributed by atoms with Gasteiger partial charge < -0.3 is 5.11 Å². The van der Waals surface area contributed by atoms with Crippen LogP contribution in [0.25, 0.3) is 0 Å². The molecular weight excluding hydrogens is 126 g/mol. The Kier molecular flexibility index (Phi) is 2.99. The first-order chi connectivity index (χ1) is 3.68. The number of thiocarbonyl (C=S) groups is 1. The van der Waals surface area contributed by atoms with Crippen molar-refractivity contribution in [3.63, 3.8) is 0 Å². The van der Waals surface area contributed by atoms with E-state index in [9.17, 15) is 4.79 Å². The third kappa shape index (κ3) is 2.44. The Labute approximate surface area is 52.0 Å². The Morgan fingerprint density at radius 3 is 2.62 bits per heavy atom. The monoisotopic (exact) mass is 131 g/mol. The summed E-state index contributed by atoms with van der Waals surface area (Å²) in [5.41, 5.74) is 0. The van der Waals surface area contributed by atoms with Crippen molar-refractivity contribution in [2.45, 2.75) is 13.0 Å². The maximum atomic E-state index is 9.91. The summed E-state index contributed by atoms with van der Waals surface area (Å²) in [5, 5.41) is 10.1. The van der Waals surface area contributed by atoms with Crippen LogP contribution in [0.1, 0.15) is 6.92 Å². The SMILES string of the molecule is C[C@H](N=C=S)C(=O)O. The van der Waals surface area contributed by atoms with Crippen molar-refractivity contribution < 1.29 is 9.90 Å². The molecule has 0 aromatic heterocycles. The second kappa shape index (κ2) is 3.29.